The molecule has 4 nitrogen and oxygen atoms in total. The number of fused-ring (bicyclic) bond motifs is 2. The third-order valence-electron chi connectivity index (χ3n) is 2.76. The Morgan fingerprint density at radius 3 is 2.72 bits per heavy atom. The lowest BCUT2D eigenvalue weighted by Crippen LogP contribution is -2.06. The van der Waals surface area contributed by atoms with Gasteiger partial charge in [-0.1, -0.05) is 6.07 Å². The van der Waals surface area contributed by atoms with Crippen LogP contribution in [0.3, 0.4) is 0 Å². The Kier molecular flexibility index (Phi) is 2.63. The topological polar surface area (TPSA) is 47.6 Å². The van der Waals surface area contributed by atoms with Crippen LogP contribution in [0.5, 0.6) is 11.5 Å². The van der Waals surface area contributed by atoms with Crippen LogP contribution in [0.1, 0.15) is 6.92 Å². The molecule has 0 radical (unpaired) electrons. The van der Waals surface area contributed by atoms with Crippen LogP contribution in [-0.4, -0.2) is 12.7 Å². The molecule has 3 rings (SSSR count). The smallest absolute Gasteiger partial charge is 0.231 e. The van der Waals surface area contributed by atoms with Crippen molar-refractivity contribution in [3.05, 3.63) is 28.7 Å². The third-order valence-corrected chi connectivity index (χ3v) is 3.42. The highest BCUT2D eigenvalue weighted by Crippen LogP contribution is 2.40. The van der Waals surface area contributed by atoms with Gasteiger partial charge in [-0.3, -0.25) is 4.79 Å². The Morgan fingerprint density at radius 1 is 1.28 bits per heavy atom. The van der Waals surface area contributed by atoms with E-state index in [2.05, 4.69) is 21.2 Å². The molecule has 2 aromatic carbocycles. The fourth-order valence-electron chi connectivity index (χ4n) is 1.99. The molecule has 0 spiro atoms. The van der Waals surface area contributed by atoms with Gasteiger partial charge >= 0.3 is 0 Å². The van der Waals surface area contributed by atoms with Gasteiger partial charge in [-0.05, 0) is 39.5 Å². The normalized spacial score (nSPS) is 12.8. The number of benzene rings is 2. The zero-order chi connectivity index (χ0) is 12.7. The van der Waals surface area contributed by atoms with Crippen LogP contribution in [0.4, 0.5) is 5.69 Å². The molecular formula is C13H10BrNO3. The van der Waals surface area contributed by atoms with Crippen LogP contribution in [0.2, 0.25) is 0 Å². The predicted molar refractivity (Wildman–Crippen MR) is 72.1 cm³/mol. The first-order valence-corrected chi connectivity index (χ1v) is 6.24. The molecule has 0 fully saturated rings. The molecule has 18 heavy (non-hydrogen) atoms. The first kappa shape index (κ1) is 11.3. The van der Waals surface area contributed by atoms with E-state index >= 15 is 0 Å². The summed E-state index contributed by atoms with van der Waals surface area (Å²) >= 11 is 3.44. The van der Waals surface area contributed by atoms with Gasteiger partial charge in [-0.2, -0.15) is 0 Å². The van der Waals surface area contributed by atoms with E-state index in [0.717, 1.165) is 26.7 Å². The van der Waals surface area contributed by atoms with Crippen LogP contribution in [0, 0.1) is 0 Å². The van der Waals surface area contributed by atoms with E-state index < -0.39 is 0 Å². The van der Waals surface area contributed by atoms with Crippen molar-refractivity contribution in [1.29, 1.82) is 0 Å². The van der Waals surface area contributed by atoms with Crippen molar-refractivity contribution in [1.82, 2.24) is 0 Å². The molecule has 0 saturated carbocycles. The summed E-state index contributed by atoms with van der Waals surface area (Å²) in [4.78, 5) is 11.3. The van der Waals surface area contributed by atoms with Gasteiger partial charge in [-0.15, -0.1) is 0 Å². The zero-order valence-electron chi connectivity index (χ0n) is 9.62. The Hall–Kier alpha value is -1.75. The van der Waals surface area contributed by atoms with Gasteiger partial charge < -0.3 is 14.8 Å². The van der Waals surface area contributed by atoms with E-state index in [1.807, 2.05) is 24.3 Å². The number of amides is 1. The fourth-order valence-corrected chi connectivity index (χ4v) is 2.43. The summed E-state index contributed by atoms with van der Waals surface area (Å²) in [5.74, 6) is 1.33. The maximum absolute atomic E-state index is 11.3. The number of carbonyl (C=O) groups excluding carboxylic acids is 1. The summed E-state index contributed by atoms with van der Waals surface area (Å²) in [7, 11) is 0. The molecule has 92 valence electrons. The lowest BCUT2D eigenvalue weighted by atomic mass is 10.1. The van der Waals surface area contributed by atoms with Gasteiger partial charge in [0.15, 0.2) is 11.5 Å². The van der Waals surface area contributed by atoms with Crippen LogP contribution in [0.25, 0.3) is 10.8 Å². The van der Waals surface area contributed by atoms with Crippen molar-refractivity contribution in [3.8, 4) is 11.5 Å². The number of ether oxygens (including phenoxy) is 2. The van der Waals surface area contributed by atoms with Crippen molar-refractivity contribution in [3.63, 3.8) is 0 Å². The second-order valence-electron chi connectivity index (χ2n) is 4.03. The molecule has 0 atom stereocenters. The average molecular weight is 308 g/mol. The van der Waals surface area contributed by atoms with Crippen LogP contribution in [-0.2, 0) is 4.79 Å². The second kappa shape index (κ2) is 4.17. The van der Waals surface area contributed by atoms with Gasteiger partial charge in [0.2, 0.25) is 12.7 Å². The number of hydrogen-bond acceptors (Lipinski definition) is 3. The molecule has 0 aliphatic carbocycles. The minimum atomic E-state index is -0.110. The Morgan fingerprint density at radius 2 is 2.00 bits per heavy atom. The molecule has 1 amide bonds. The highest BCUT2D eigenvalue weighted by atomic mass is 79.9. The lowest BCUT2D eigenvalue weighted by molar-refractivity contribution is -0.114. The van der Waals surface area contributed by atoms with Crippen molar-refractivity contribution >= 4 is 38.3 Å². The van der Waals surface area contributed by atoms with Crippen molar-refractivity contribution in [2.45, 2.75) is 6.92 Å². The molecule has 0 bridgehead atoms. The van der Waals surface area contributed by atoms with Gasteiger partial charge in [0.1, 0.15) is 0 Å². The molecule has 1 heterocycles. The summed E-state index contributed by atoms with van der Waals surface area (Å²) in [5, 5.41) is 4.74. The van der Waals surface area contributed by atoms with Crippen molar-refractivity contribution in [2.75, 3.05) is 12.1 Å². The van der Waals surface area contributed by atoms with Crippen LogP contribution >= 0.6 is 15.9 Å². The minimum Gasteiger partial charge on any atom is -0.454 e. The van der Waals surface area contributed by atoms with E-state index in [9.17, 15) is 4.79 Å². The number of anilines is 1. The number of carbonyl (C=O) groups is 1. The maximum Gasteiger partial charge on any atom is 0.231 e. The predicted octanol–water partition coefficient (Wildman–Crippen LogP) is 3.29. The molecule has 5 heteroatoms. The average Bonchev–Trinajstić information content (AvgIpc) is 2.77. The number of hydrogen-bond donors (Lipinski definition) is 1. The van der Waals surface area contributed by atoms with Gasteiger partial charge in [0, 0.05) is 16.8 Å². The summed E-state index contributed by atoms with van der Waals surface area (Å²) in [6.45, 7) is 1.72. The number of nitrogens with one attached hydrogen (secondary N) is 1. The monoisotopic (exact) mass is 307 g/mol. The lowest BCUT2D eigenvalue weighted by Gasteiger charge is -2.10. The molecule has 0 aromatic heterocycles. The molecule has 1 N–H and O–H groups in total. The van der Waals surface area contributed by atoms with E-state index in [1.54, 1.807) is 0 Å². The van der Waals surface area contributed by atoms with Gasteiger partial charge in [0.05, 0.1) is 5.69 Å². The molecule has 2 aromatic rings. The van der Waals surface area contributed by atoms with E-state index in [-0.39, 0.29) is 12.7 Å². The highest BCUT2D eigenvalue weighted by molar-refractivity contribution is 9.10. The number of halogens is 1. The molecule has 0 unspecified atom stereocenters. The zero-order valence-corrected chi connectivity index (χ0v) is 11.2. The molecule has 1 aliphatic heterocycles. The third kappa shape index (κ3) is 1.80. The van der Waals surface area contributed by atoms with Crippen molar-refractivity contribution < 1.29 is 14.3 Å². The van der Waals surface area contributed by atoms with Crippen molar-refractivity contribution in [2.24, 2.45) is 0 Å². The first-order valence-electron chi connectivity index (χ1n) is 5.44. The van der Waals surface area contributed by atoms with Gasteiger partial charge in [0.25, 0.3) is 0 Å². The Balaban J connectivity index is 2.26. The molecule has 1 aliphatic rings. The summed E-state index contributed by atoms with van der Waals surface area (Å²) in [5.41, 5.74) is 0.748. The van der Waals surface area contributed by atoms with E-state index in [0.29, 0.717) is 5.75 Å². The summed E-state index contributed by atoms with van der Waals surface area (Å²) in [6.07, 6.45) is 0. The Labute approximate surface area is 112 Å². The number of rotatable bonds is 1. The van der Waals surface area contributed by atoms with E-state index in [1.165, 1.54) is 6.92 Å². The largest absolute Gasteiger partial charge is 0.454 e. The molecular weight excluding hydrogens is 298 g/mol. The SMILES string of the molecule is CC(=O)Nc1c(Br)ccc2cc3c(cc12)OCO3. The van der Waals surface area contributed by atoms with Gasteiger partial charge in [-0.25, -0.2) is 0 Å². The highest BCUT2D eigenvalue weighted by Gasteiger charge is 2.16. The standard InChI is InChI=1S/C13H10BrNO3/c1-7(16)15-13-9-5-12-11(17-6-18-12)4-8(9)2-3-10(13)14/h2-5H,6H2,1H3,(H,15,16). The summed E-state index contributed by atoms with van der Waals surface area (Å²) in [6, 6.07) is 7.66. The van der Waals surface area contributed by atoms with E-state index in [4.69, 9.17) is 9.47 Å². The summed E-state index contributed by atoms with van der Waals surface area (Å²) < 4.78 is 11.5. The molecule has 0 saturated heterocycles. The first-order chi connectivity index (χ1) is 8.65. The van der Waals surface area contributed by atoms with Crippen LogP contribution in [0.15, 0.2) is 28.7 Å². The fraction of sp³-hybridized carbons (Fsp3) is 0.154. The second-order valence-corrected chi connectivity index (χ2v) is 4.88. The van der Waals surface area contributed by atoms with Crippen LogP contribution < -0.4 is 14.8 Å². The Bertz CT molecular complexity index is 654. The maximum atomic E-state index is 11.3. The quantitative estimate of drug-likeness (QED) is 0.879. The minimum absolute atomic E-state index is 0.110.